The highest BCUT2D eigenvalue weighted by atomic mass is 79.9. The Morgan fingerprint density at radius 1 is 1.10 bits per heavy atom. The number of rotatable bonds is 5. The first kappa shape index (κ1) is 14.6. The molecule has 0 spiro atoms. The minimum atomic E-state index is -0.285. The lowest BCUT2D eigenvalue weighted by atomic mass is 10.2. The molecule has 3 nitrogen and oxygen atoms in total. The van der Waals surface area contributed by atoms with Gasteiger partial charge in [-0.25, -0.2) is 0 Å². The number of hydrogen-bond acceptors (Lipinski definition) is 3. The first-order chi connectivity index (χ1) is 9.70. The van der Waals surface area contributed by atoms with Crippen LogP contribution >= 0.6 is 15.9 Å². The zero-order valence-corrected chi connectivity index (χ0v) is 12.7. The molecular weight excluding hydrogens is 320 g/mol. The summed E-state index contributed by atoms with van der Waals surface area (Å²) in [6.07, 6.45) is 0.324. The maximum atomic E-state index is 11.4. The number of esters is 1. The van der Waals surface area contributed by atoms with Crippen LogP contribution in [-0.2, 0) is 11.4 Å². The van der Waals surface area contributed by atoms with Crippen molar-refractivity contribution in [2.24, 2.45) is 0 Å². The molecule has 0 N–H and O–H groups in total. The SMILES string of the molecule is CCC(=O)Oc1cccc(Br)c1OCc1ccccc1. The summed E-state index contributed by atoms with van der Waals surface area (Å²) < 4.78 is 11.8. The van der Waals surface area contributed by atoms with Crippen LogP contribution < -0.4 is 9.47 Å². The van der Waals surface area contributed by atoms with E-state index in [1.54, 1.807) is 19.1 Å². The van der Waals surface area contributed by atoms with Crippen LogP contribution in [0.15, 0.2) is 53.0 Å². The lowest BCUT2D eigenvalue weighted by molar-refractivity contribution is -0.134. The molecule has 0 atom stereocenters. The molecule has 4 heteroatoms. The van der Waals surface area contributed by atoms with Crippen molar-refractivity contribution in [2.75, 3.05) is 0 Å². The van der Waals surface area contributed by atoms with Gasteiger partial charge in [-0.2, -0.15) is 0 Å². The molecule has 0 unspecified atom stereocenters. The number of para-hydroxylation sites is 1. The molecule has 0 amide bonds. The molecule has 0 saturated heterocycles. The molecule has 2 aromatic rings. The minimum Gasteiger partial charge on any atom is -0.484 e. The number of carbonyl (C=O) groups is 1. The normalized spacial score (nSPS) is 10.1. The molecule has 0 aliphatic carbocycles. The Morgan fingerprint density at radius 2 is 1.85 bits per heavy atom. The van der Waals surface area contributed by atoms with Gasteiger partial charge in [0.05, 0.1) is 4.47 Å². The Labute approximate surface area is 126 Å². The summed E-state index contributed by atoms with van der Waals surface area (Å²) in [6, 6.07) is 15.2. The van der Waals surface area contributed by atoms with Crippen molar-refractivity contribution in [1.29, 1.82) is 0 Å². The second kappa shape index (κ2) is 7.10. The first-order valence-corrected chi connectivity index (χ1v) is 7.16. The van der Waals surface area contributed by atoms with Crippen LogP contribution in [0.3, 0.4) is 0 Å². The molecule has 0 radical (unpaired) electrons. The fourth-order valence-corrected chi connectivity index (χ4v) is 2.10. The average Bonchev–Trinajstić information content (AvgIpc) is 2.47. The third-order valence-corrected chi connectivity index (χ3v) is 3.29. The number of hydrogen-bond donors (Lipinski definition) is 0. The molecule has 0 aliphatic heterocycles. The highest BCUT2D eigenvalue weighted by molar-refractivity contribution is 9.10. The maximum Gasteiger partial charge on any atom is 0.311 e. The predicted octanol–water partition coefficient (Wildman–Crippen LogP) is 4.34. The Morgan fingerprint density at radius 3 is 2.55 bits per heavy atom. The summed E-state index contributed by atoms with van der Waals surface area (Å²) in [6.45, 7) is 2.17. The van der Waals surface area contributed by atoms with Crippen LogP contribution in [0.1, 0.15) is 18.9 Å². The number of benzene rings is 2. The Bertz CT molecular complexity index is 582. The van der Waals surface area contributed by atoms with Crippen LogP contribution in [0.25, 0.3) is 0 Å². The monoisotopic (exact) mass is 334 g/mol. The molecule has 2 rings (SSSR count). The topological polar surface area (TPSA) is 35.5 Å². The number of ether oxygens (including phenoxy) is 2. The van der Waals surface area contributed by atoms with Crippen molar-refractivity contribution >= 4 is 21.9 Å². The van der Waals surface area contributed by atoms with E-state index >= 15 is 0 Å². The second-order valence-electron chi connectivity index (χ2n) is 4.17. The minimum absolute atomic E-state index is 0.285. The summed E-state index contributed by atoms with van der Waals surface area (Å²) in [7, 11) is 0. The number of carbonyl (C=O) groups excluding carboxylic acids is 1. The predicted molar refractivity (Wildman–Crippen MR) is 80.8 cm³/mol. The molecule has 0 saturated carbocycles. The van der Waals surface area contributed by atoms with Gasteiger partial charge in [-0.1, -0.05) is 43.3 Å². The van der Waals surface area contributed by atoms with Crippen LogP contribution in [-0.4, -0.2) is 5.97 Å². The fraction of sp³-hybridized carbons (Fsp3) is 0.188. The summed E-state index contributed by atoms with van der Waals surface area (Å²) in [4.78, 5) is 11.4. The van der Waals surface area contributed by atoms with Crippen LogP contribution in [0.4, 0.5) is 0 Å². The average molecular weight is 335 g/mol. The molecule has 0 heterocycles. The molecular formula is C16H15BrO3. The Kier molecular flexibility index (Phi) is 5.18. The van der Waals surface area contributed by atoms with Crippen molar-refractivity contribution in [3.05, 3.63) is 58.6 Å². The molecule has 2 aromatic carbocycles. The third kappa shape index (κ3) is 3.84. The van der Waals surface area contributed by atoms with Gasteiger partial charge in [0.2, 0.25) is 0 Å². The van der Waals surface area contributed by atoms with Gasteiger partial charge in [-0.15, -0.1) is 0 Å². The molecule has 0 aliphatic rings. The van der Waals surface area contributed by atoms with Gasteiger partial charge >= 0.3 is 5.97 Å². The quantitative estimate of drug-likeness (QED) is 0.602. The van der Waals surface area contributed by atoms with Crippen LogP contribution in [0.5, 0.6) is 11.5 Å². The van der Waals surface area contributed by atoms with E-state index in [-0.39, 0.29) is 5.97 Å². The van der Waals surface area contributed by atoms with Gasteiger partial charge in [0, 0.05) is 6.42 Å². The third-order valence-electron chi connectivity index (χ3n) is 2.67. The van der Waals surface area contributed by atoms with Crippen LogP contribution in [0.2, 0.25) is 0 Å². The largest absolute Gasteiger partial charge is 0.484 e. The van der Waals surface area contributed by atoms with Crippen molar-refractivity contribution in [3.8, 4) is 11.5 Å². The Balaban J connectivity index is 2.15. The van der Waals surface area contributed by atoms with E-state index in [0.717, 1.165) is 10.0 Å². The van der Waals surface area contributed by atoms with Gasteiger partial charge in [-0.3, -0.25) is 4.79 Å². The van der Waals surface area contributed by atoms with E-state index < -0.39 is 0 Å². The van der Waals surface area contributed by atoms with Crippen molar-refractivity contribution in [2.45, 2.75) is 20.0 Å². The molecule has 0 aromatic heterocycles. The highest BCUT2D eigenvalue weighted by Gasteiger charge is 2.12. The summed E-state index contributed by atoms with van der Waals surface area (Å²) >= 11 is 3.42. The molecule has 20 heavy (non-hydrogen) atoms. The smallest absolute Gasteiger partial charge is 0.311 e. The van der Waals surface area contributed by atoms with Gasteiger partial charge in [0.15, 0.2) is 11.5 Å². The lowest BCUT2D eigenvalue weighted by Crippen LogP contribution is -2.07. The van der Waals surface area contributed by atoms with E-state index in [9.17, 15) is 4.79 Å². The highest BCUT2D eigenvalue weighted by Crippen LogP contribution is 2.35. The summed E-state index contributed by atoms with van der Waals surface area (Å²) in [5.41, 5.74) is 1.05. The zero-order chi connectivity index (χ0) is 14.4. The standard InChI is InChI=1S/C16H15BrO3/c1-2-15(18)20-14-10-6-9-13(17)16(14)19-11-12-7-4-3-5-8-12/h3-10H,2,11H2,1H3. The van der Waals surface area contributed by atoms with Crippen molar-refractivity contribution in [3.63, 3.8) is 0 Å². The van der Waals surface area contributed by atoms with E-state index in [1.165, 1.54) is 0 Å². The summed E-state index contributed by atoms with van der Waals surface area (Å²) in [5, 5.41) is 0. The van der Waals surface area contributed by atoms with Crippen molar-refractivity contribution < 1.29 is 14.3 Å². The summed E-state index contributed by atoms with van der Waals surface area (Å²) in [5.74, 6) is 0.688. The first-order valence-electron chi connectivity index (χ1n) is 6.36. The Hall–Kier alpha value is -1.81. The van der Waals surface area contributed by atoms with Gasteiger partial charge in [0.25, 0.3) is 0 Å². The van der Waals surface area contributed by atoms with E-state index in [1.807, 2.05) is 36.4 Å². The van der Waals surface area contributed by atoms with Crippen LogP contribution in [0, 0.1) is 0 Å². The number of halogens is 1. The fourth-order valence-electron chi connectivity index (χ4n) is 1.63. The van der Waals surface area contributed by atoms with Crippen molar-refractivity contribution in [1.82, 2.24) is 0 Å². The zero-order valence-electron chi connectivity index (χ0n) is 11.1. The molecule has 104 valence electrons. The lowest BCUT2D eigenvalue weighted by Gasteiger charge is -2.13. The van der Waals surface area contributed by atoms with Gasteiger partial charge < -0.3 is 9.47 Å². The molecule has 0 bridgehead atoms. The second-order valence-corrected chi connectivity index (χ2v) is 5.02. The maximum absolute atomic E-state index is 11.4. The van der Waals surface area contributed by atoms with E-state index in [4.69, 9.17) is 9.47 Å². The van der Waals surface area contributed by atoms with Gasteiger partial charge in [0.1, 0.15) is 6.61 Å². The van der Waals surface area contributed by atoms with E-state index in [2.05, 4.69) is 15.9 Å². The van der Waals surface area contributed by atoms with E-state index in [0.29, 0.717) is 24.5 Å². The molecule has 0 fully saturated rings. The van der Waals surface area contributed by atoms with Gasteiger partial charge in [-0.05, 0) is 33.6 Å².